The van der Waals surface area contributed by atoms with Gasteiger partial charge in [-0.3, -0.25) is 4.79 Å². The van der Waals surface area contributed by atoms with Crippen molar-refractivity contribution in [1.82, 2.24) is 0 Å². The summed E-state index contributed by atoms with van der Waals surface area (Å²) in [6.07, 6.45) is 4.59. The molecule has 0 unspecified atom stereocenters. The maximum Gasteiger partial charge on any atom is 0.338 e. The number of ether oxygens (including phenoxy) is 1. The Bertz CT molecular complexity index is 540. The van der Waals surface area contributed by atoms with Crippen molar-refractivity contribution in [3.05, 3.63) is 23.3 Å². The number of rotatable bonds is 0. The summed E-state index contributed by atoms with van der Waals surface area (Å²) in [4.78, 5) is 23.7. The molecule has 4 atom stereocenters. The van der Waals surface area contributed by atoms with Crippen molar-refractivity contribution in [2.75, 3.05) is 0 Å². The van der Waals surface area contributed by atoms with Gasteiger partial charge in [-0.2, -0.15) is 0 Å². The molecule has 2 aliphatic carbocycles. The quantitative estimate of drug-likeness (QED) is 0.672. The van der Waals surface area contributed by atoms with Crippen molar-refractivity contribution in [2.24, 2.45) is 11.3 Å². The second-order valence-corrected chi connectivity index (χ2v) is 6.27. The van der Waals surface area contributed by atoms with Crippen molar-refractivity contribution in [3.63, 3.8) is 0 Å². The van der Waals surface area contributed by atoms with Gasteiger partial charge in [0.1, 0.15) is 6.10 Å². The van der Waals surface area contributed by atoms with Gasteiger partial charge in [-0.05, 0) is 38.3 Å². The molecular formula is C15H18O4. The summed E-state index contributed by atoms with van der Waals surface area (Å²) in [6.45, 7) is 5.35. The lowest BCUT2D eigenvalue weighted by molar-refractivity contribution is -0.153. The van der Waals surface area contributed by atoms with Gasteiger partial charge < -0.3 is 9.84 Å². The second kappa shape index (κ2) is 3.57. The number of hydrogen-bond donors (Lipinski definition) is 1. The first kappa shape index (κ1) is 12.6. The fourth-order valence-electron chi connectivity index (χ4n) is 3.70. The van der Waals surface area contributed by atoms with Crippen LogP contribution in [0.4, 0.5) is 0 Å². The molecule has 0 bridgehead atoms. The van der Waals surface area contributed by atoms with Crippen LogP contribution in [0.1, 0.15) is 33.6 Å². The first-order valence-electron chi connectivity index (χ1n) is 6.65. The van der Waals surface area contributed by atoms with Crippen molar-refractivity contribution in [1.29, 1.82) is 0 Å². The van der Waals surface area contributed by atoms with Gasteiger partial charge in [0.15, 0.2) is 11.4 Å². The van der Waals surface area contributed by atoms with E-state index in [9.17, 15) is 14.7 Å². The first-order valence-corrected chi connectivity index (χ1v) is 6.65. The van der Waals surface area contributed by atoms with Crippen LogP contribution in [0.5, 0.6) is 0 Å². The van der Waals surface area contributed by atoms with Gasteiger partial charge in [0.05, 0.1) is 0 Å². The van der Waals surface area contributed by atoms with E-state index in [2.05, 4.69) is 6.92 Å². The zero-order valence-corrected chi connectivity index (χ0v) is 11.4. The summed E-state index contributed by atoms with van der Waals surface area (Å²) in [5.74, 6) is -0.859. The Hall–Kier alpha value is -1.42. The van der Waals surface area contributed by atoms with E-state index in [0.29, 0.717) is 5.57 Å². The lowest BCUT2D eigenvalue weighted by atomic mass is 9.61. The molecule has 0 aromatic heterocycles. The molecule has 1 N–H and O–H groups in total. The molecule has 4 nitrogen and oxygen atoms in total. The number of hydrogen-bond acceptors (Lipinski definition) is 4. The summed E-state index contributed by atoms with van der Waals surface area (Å²) in [5, 5.41) is 10.3. The van der Waals surface area contributed by atoms with Gasteiger partial charge in [0.25, 0.3) is 0 Å². The number of aliphatic hydroxyl groups is 1. The Balaban J connectivity index is 2.12. The molecule has 1 heterocycles. The topological polar surface area (TPSA) is 63.6 Å². The number of ketones is 1. The van der Waals surface area contributed by atoms with Crippen LogP contribution in [0.25, 0.3) is 0 Å². The molecule has 0 aromatic carbocycles. The molecule has 2 fully saturated rings. The van der Waals surface area contributed by atoms with E-state index in [0.717, 1.165) is 18.4 Å². The van der Waals surface area contributed by atoms with Gasteiger partial charge in [0, 0.05) is 16.9 Å². The Morgan fingerprint density at radius 3 is 2.74 bits per heavy atom. The van der Waals surface area contributed by atoms with Crippen LogP contribution in [-0.4, -0.2) is 28.6 Å². The van der Waals surface area contributed by atoms with Gasteiger partial charge >= 0.3 is 5.97 Å². The largest absolute Gasteiger partial charge is 0.455 e. The lowest BCUT2D eigenvalue weighted by Gasteiger charge is -2.43. The van der Waals surface area contributed by atoms with Crippen LogP contribution < -0.4 is 0 Å². The minimum Gasteiger partial charge on any atom is -0.455 e. The first-order chi connectivity index (χ1) is 8.77. The van der Waals surface area contributed by atoms with Crippen LogP contribution in [-0.2, 0) is 14.3 Å². The van der Waals surface area contributed by atoms with Gasteiger partial charge in [-0.15, -0.1) is 0 Å². The minimum absolute atomic E-state index is 0.0317. The predicted octanol–water partition coefficient (Wildman–Crippen LogP) is 1.53. The van der Waals surface area contributed by atoms with E-state index in [4.69, 9.17) is 4.74 Å². The molecule has 3 rings (SSSR count). The second-order valence-electron chi connectivity index (χ2n) is 6.27. The summed E-state index contributed by atoms with van der Waals surface area (Å²) in [6, 6.07) is 0. The van der Waals surface area contributed by atoms with E-state index in [1.165, 1.54) is 6.92 Å². The molecule has 1 saturated carbocycles. The Kier molecular flexibility index (Phi) is 2.37. The lowest BCUT2D eigenvalue weighted by Crippen LogP contribution is -2.45. The maximum atomic E-state index is 11.9. The highest BCUT2D eigenvalue weighted by molar-refractivity contribution is 6.05. The Labute approximate surface area is 112 Å². The molecule has 3 aliphatic rings. The van der Waals surface area contributed by atoms with Crippen LogP contribution in [0.2, 0.25) is 0 Å². The molecule has 0 amide bonds. The summed E-state index contributed by atoms with van der Waals surface area (Å²) >= 11 is 0. The number of esters is 1. The summed E-state index contributed by atoms with van der Waals surface area (Å²) in [7, 11) is 0. The molecular weight excluding hydrogens is 244 g/mol. The standard InChI is InChI=1S/C15H18O4/c1-8-10(16)5-7-14(2)6-4-9-12(11(8)14)19-13(17)15(9,3)18/h5,7,9,12,18H,4,6H2,1-3H3/t9-,12-,14-,15+/m1/s1. The normalized spacial score (nSPS) is 45.1. The molecule has 0 aromatic rings. The predicted molar refractivity (Wildman–Crippen MR) is 68.2 cm³/mol. The zero-order chi connectivity index (χ0) is 14.0. The third kappa shape index (κ3) is 1.49. The highest BCUT2D eigenvalue weighted by atomic mass is 16.6. The van der Waals surface area contributed by atoms with E-state index in [-0.39, 0.29) is 17.1 Å². The van der Waals surface area contributed by atoms with Crippen LogP contribution in [0.15, 0.2) is 23.3 Å². The van der Waals surface area contributed by atoms with Crippen molar-refractivity contribution >= 4 is 11.8 Å². The fourth-order valence-corrected chi connectivity index (χ4v) is 3.70. The van der Waals surface area contributed by atoms with E-state index < -0.39 is 17.7 Å². The number of allylic oxidation sites excluding steroid dienone is 3. The van der Waals surface area contributed by atoms with E-state index >= 15 is 0 Å². The molecule has 0 radical (unpaired) electrons. The highest BCUT2D eigenvalue weighted by Gasteiger charge is 2.59. The van der Waals surface area contributed by atoms with E-state index in [1.807, 2.05) is 6.08 Å². The smallest absolute Gasteiger partial charge is 0.338 e. The van der Waals surface area contributed by atoms with Crippen molar-refractivity contribution in [2.45, 2.75) is 45.3 Å². The van der Waals surface area contributed by atoms with E-state index in [1.54, 1.807) is 13.0 Å². The molecule has 4 heteroatoms. The van der Waals surface area contributed by atoms with Gasteiger partial charge in [0.2, 0.25) is 0 Å². The summed E-state index contributed by atoms with van der Waals surface area (Å²) < 4.78 is 5.40. The Morgan fingerprint density at radius 1 is 1.37 bits per heavy atom. The van der Waals surface area contributed by atoms with Crippen molar-refractivity contribution < 1.29 is 19.4 Å². The molecule has 1 saturated heterocycles. The number of fused-ring (bicyclic) bond motifs is 3. The minimum atomic E-state index is -1.44. The van der Waals surface area contributed by atoms with Crippen LogP contribution >= 0.6 is 0 Å². The molecule has 19 heavy (non-hydrogen) atoms. The Morgan fingerprint density at radius 2 is 2.05 bits per heavy atom. The monoisotopic (exact) mass is 262 g/mol. The third-order valence-electron chi connectivity index (χ3n) is 4.99. The number of carbonyl (C=O) groups is 2. The van der Waals surface area contributed by atoms with Gasteiger partial charge in [-0.1, -0.05) is 13.0 Å². The zero-order valence-electron chi connectivity index (χ0n) is 11.4. The van der Waals surface area contributed by atoms with Crippen molar-refractivity contribution in [3.8, 4) is 0 Å². The van der Waals surface area contributed by atoms with Crippen LogP contribution in [0.3, 0.4) is 0 Å². The van der Waals surface area contributed by atoms with Crippen LogP contribution in [0, 0.1) is 11.3 Å². The third-order valence-corrected chi connectivity index (χ3v) is 4.99. The molecule has 102 valence electrons. The highest BCUT2D eigenvalue weighted by Crippen LogP contribution is 2.53. The average Bonchev–Trinajstić information content (AvgIpc) is 2.55. The molecule has 1 aliphatic heterocycles. The maximum absolute atomic E-state index is 11.9. The van der Waals surface area contributed by atoms with Gasteiger partial charge in [-0.25, -0.2) is 4.79 Å². The fraction of sp³-hybridized carbons (Fsp3) is 0.600. The summed E-state index contributed by atoms with van der Waals surface area (Å²) in [5.41, 5.74) is -0.142. The molecule has 0 spiro atoms. The number of carbonyl (C=O) groups excluding carboxylic acids is 2. The SMILES string of the molecule is CC1=C2[C@@H]3OC(=O)[C@@](C)(O)[C@@H]3CC[C@]2(C)C=CC1=O. The average molecular weight is 262 g/mol.